The first-order valence-corrected chi connectivity index (χ1v) is 8.61. The van der Waals surface area contributed by atoms with Gasteiger partial charge in [0.2, 0.25) is 5.91 Å². The van der Waals surface area contributed by atoms with Gasteiger partial charge in [0.05, 0.1) is 11.3 Å². The molecular weight excluding hydrogens is 352 g/mol. The van der Waals surface area contributed by atoms with Crippen LogP contribution < -0.4 is 4.74 Å². The normalized spacial score (nSPS) is 13.7. The third-order valence-corrected chi connectivity index (χ3v) is 4.36. The average Bonchev–Trinajstić information content (AvgIpc) is 3.23. The molecule has 0 aliphatic carbocycles. The largest absolute Gasteiger partial charge is 0.488 e. The molecule has 1 aromatic carbocycles. The monoisotopic (exact) mass is 372 g/mol. The number of benzene rings is 1. The van der Waals surface area contributed by atoms with Gasteiger partial charge in [-0.3, -0.25) is 14.5 Å². The zero-order valence-corrected chi connectivity index (χ0v) is 15.2. The second kappa shape index (κ2) is 8.03. The molecular formula is C19H20N2O6. The van der Waals surface area contributed by atoms with Gasteiger partial charge in [-0.1, -0.05) is 17.3 Å². The minimum absolute atomic E-state index is 0.187. The number of esters is 1. The van der Waals surface area contributed by atoms with Gasteiger partial charge in [0.25, 0.3) is 5.91 Å². The minimum atomic E-state index is -0.690. The molecule has 0 saturated carbocycles. The van der Waals surface area contributed by atoms with Gasteiger partial charge in [0.1, 0.15) is 23.7 Å². The van der Waals surface area contributed by atoms with E-state index in [0.29, 0.717) is 36.6 Å². The van der Waals surface area contributed by atoms with Gasteiger partial charge < -0.3 is 14.0 Å². The summed E-state index contributed by atoms with van der Waals surface area (Å²) in [6.45, 7) is 3.66. The van der Waals surface area contributed by atoms with E-state index in [1.807, 2.05) is 0 Å². The van der Waals surface area contributed by atoms with Crippen molar-refractivity contribution >= 4 is 17.8 Å². The van der Waals surface area contributed by atoms with Crippen LogP contribution in [0.4, 0.5) is 0 Å². The van der Waals surface area contributed by atoms with Crippen LogP contribution in [0.5, 0.6) is 5.75 Å². The van der Waals surface area contributed by atoms with Gasteiger partial charge >= 0.3 is 5.97 Å². The van der Waals surface area contributed by atoms with Gasteiger partial charge in [0.15, 0.2) is 6.61 Å². The average molecular weight is 372 g/mol. The Hall–Kier alpha value is -3.16. The molecule has 1 aliphatic rings. The summed E-state index contributed by atoms with van der Waals surface area (Å²) in [5.41, 5.74) is 1.72. The summed E-state index contributed by atoms with van der Waals surface area (Å²) >= 11 is 0. The van der Waals surface area contributed by atoms with Crippen LogP contribution in [0.1, 0.15) is 40.2 Å². The molecule has 2 heterocycles. The third-order valence-electron chi connectivity index (χ3n) is 4.36. The number of amides is 2. The number of ether oxygens (including phenoxy) is 2. The van der Waals surface area contributed by atoms with E-state index in [0.717, 1.165) is 10.5 Å². The molecule has 1 fully saturated rings. The van der Waals surface area contributed by atoms with Crippen molar-refractivity contribution in [1.29, 1.82) is 0 Å². The molecule has 27 heavy (non-hydrogen) atoms. The Balaban J connectivity index is 1.63. The van der Waals surface area contributed by atoms with Crippen molar-refractivity contribution < 1.29 is 28.4 Å². The Morgan fingerprint density at radius 1 is 1.26 bits per heavy atom. The maximum absolute atomic E-state index is 12.4. The molecule has 2 amide bonds. The van der Waals surface area contributed by atoms with E-state index < -0.39 is 18.5 Å². The molecule has 1 aromatic heterocycles. The fraction of sp³-hybridized carbons (Fsp3) is 0.368. The maximum atomic E-state index is 12.4. The van der Waals surface area contributed by atoms with E-state index in [1.165, 1.54) is 0 Å². The number of hydrogen-bond acceptors (Lipinski definition) is 7. The first kappa shape index (κ1) is 18.6. The molecule has 2 aromatic rings. The van der Waals surface area contributed by atoms with Crippen molar-refractivity contribution in [2.75, 3.05) is 13.2 Å². The minimum Gasteiger partial charge on any atom is -0.488 e. The van der Waals surface area contributed by atoms with Crippen LogP contribution in [0.25, 0.3) is 0 Å². The molecule has 1 saturated heterocycles. The second-order valence-corrected chi connectivity index (χ2v) is 6.21. The lowest BCUT2D eigenvalue weighted by Crippen LogP contribution is -2.35. The number of hydrogen-bond donors (Lipinski definition) is 0. The van der Waals surface area contributed by atoms with E-state index >= 15 is 0 Å². The topological polar surface area (TPSA) is 98.9 Å². The summed E-state index contributed by atoms with van der Waals surface area (Å²) < 4.78 is 15.9. The molecule has 0 N–H and O–H groups in total. The van der Waals surface area contributed by atoms with Gasteiger partial charge in [-0.05, 0) is 32.4 Å². The number of carbonyl (C=O) groups is 3. The number of imide groups is 1. The zero-order valence-electron chi connectivity index (χ0n) is 15.2. The van der Waals surface area contributed by atoms with E-state index in [4.69, 9.17) is 14.0 Å². The first-order valence-electron chi connectivity index (χ1n) is 8.61. The maximum Gasteiger partial charge on any atom is 0.342 e. The summed E-state index contributed by atoms with van der Waals surface area (Å²) in [7, 11) is 0. The number of aryl methyl sites for hydroxylation is 2. The van der Waals surface area contributed by atoms with E-state index in [1.54, 1.807) is 38.1 Å². The number of para-hydroxylation sites is 1. The SMILES string of the molecule is Cc1noc(C)c1COc1ccccc1C(=O)OCC(=O)N1CCCC1=O. The van der Waals surface area contributed by atoms with Crippen LogP contribution in [-0.4, -0.2) is 41.0 Å². The van der Waals surface area contributed by atoms with Gasteiger partial charge in [-0.2, -0.15) is 0 Å². The second-order valence-electron chi connectivity index (χ2n) is 6.21. The van der Waals surface area contributed by atoms with E-state index in [9.17, 15) is 14.4 Å². The zero-order chi connectivity index (χ0) is 19.4. The quantitative estimate of drug-likeness (QED) is 0.717. The van der Waals surface area contributed by atoms with E-state index in [2.05, 4.69) is 5.16 Å². The highest BCUT2D eigenvalue weighted by Gasteiger charge is 2.27. The fourth-order valence-corrected chi connectivity index (χ4v) is 2.81. The summed E-state index contributed by atoms with van der Waals surface area (Å²) in [5, 5.41) is 3.86. The lowest BCUT2D eigenvalue weighted by molar-refractivity contribution is -0.143. The molecule has 1 aliphatic heterocycles. The molecule has 8 nitrogen and oxygen atoms in total. The Kier molecular flexibility index (Phi) is 5.54. The van der Waals surface area contributed by atoms with Crippen LogP contribution in [0.2, 0.25) is 0 Å². The number of likely N-dealkylation sites (tertiary alicyclic amines) is 1. The number of aromatic nitrogens is 1. The number of carbonyl (C=O) groups excluding carboxylic acids is 3. The molecule has 3 rings (SSSR count). The van der Waals surface area contributed by atoms with Crippen molar-refractivity contribution in [3.8, 4) is 5.75 Å². The molecule has 0 unspecified atom stereocenters. The smallest absolute Gasteiger partial charge is 0.342 e. The first-order chi connectivity index (χ1) is 13.0. The Bertz CT molecular complexity index is 853. The highest BCUT2D eigenvalue weighted by Crippen LogP contribution is 2.22. The number of rotatable bonds is 6. The Labute approximate surface area is 156 Å². The third kappa shape index (κ3) is 4.16. The summed E-state index contributed by atoms with van der Waals surface area (Å²) in [4.78, 5) is 37.1. The van der Waals surface area contributed by atoms with Crippen molar-refractivity contribution in [1.82, 2.24) is 10.1 Å². The predicted molar refractivity (Wildman–Crippen MR) is 93.0 cm³/mol. The van der Waals surface area contributed by atoms with Crippen LogP contribution in [0.15, 0.2) is 28.8 Å². The summed E-state index contributed by atoms with van der Waals surface area (Å²) in [6, 6.07) is 6.59. The molecule has 0 radical (unpaired) electrons. The highest BCUT2D eigenvalue weighted by molar-refractivity contribution is 5.99. The lowest BCUT2D eigenvalue weighted by Gasteiger charge is -2.14. The standard InChI is InChI=1S/C19H20N2O6/c1-12-15(13(2)27-20-12)10-25-16-7-4-3-6-14(16)19(24)26-11-18(23)21-9-5-8-17(21)22/h3-4,6-7H,5,8-11H2,1-2H3. The van der Waals surface area contributed by atoms with Crippen molar-refractivity contribution in [3.63, 3.8) is 0 Å². The molecule has 8 heteroatoms. The van der Waals surface area contributed by atoms with Gasteiger partial charge in [-0.25, -0.2) is 4.79 Å². The molecule has 0 spiro atoms. The van der Waals surface area contributed by atoms with Crippen molar-refractivity contribution in [2.24, 2.45) is 0 Å². The summed E-state index contributed by atoms with van der Waals surface area (Å²) in [5.74, 6) is -0.468. The van der Waals surface area contributed by atoms with Crippen LogP contribution in [0, 0.1) is 13.8 Å². The van der Waals surface area contributed by atoms with Crippen molar-refractivity contribution in [2.45, 2.75) is 33.3 Å². The number of nitrogens with zero attached hydrogens (tertiary/aromatic N) is 2. The molecule has 0 bridgehead atoms. The molecule has 142 valence electrons. The lowest BCUT2D eigenvalue weighted by atomic mass is 10.2. The van der Waals surface area contributed by atoms with Crippen LogP contribution in [0.3, 0.4) is 0 Å². The summed E-state index contributed by atoms with van der Waals surface area (Å²) in [6.07, 6.45) is 0.981. The highest BCUT2D eigenvalue weighted by atomic mass is 16.5. The molecule has 0 atom stereocenters. The van der Waals surface area contributed by atoms with Crippen molar-refractivity contribution in [3.05, 3.63) is 46.8 Å². The Morgan fingerprint density at radius 2 is 2.04 bits per heavy atom. The Morgan fingerprint density at radius 3 is 2.70 bits per heavy atom. The fourth-order valence-electron chi connectivity index (χ4n) is 2.81. The van der Waals surface area contributed by atoms with Gasteiger partial charge in [-0.15, -0.1) is 0 Å². The predicted octanol–water partition coefficient (Wildman–Crippen LogP) is 2.18. The van der Waals surface area contributed by atoms with Gasteiger partial charge in [0, 0.05) is 13.0 Å². The van der Waals surface area contributed by atoms with Crippen LogP contribution >= 0.6 is 0 Å². The van der Waals surface area contributed by atoms with Crippen LogP contribution in [-0.2, 0) is 20.9 Å². The van der Waals surface area contributed by atoms with E-state index in [-0.39, 0.29) is 18.1 Å².